The Balaban J connectivity index is 3.09. The second-order valence-corrected chi connectivity index (χ2v) is 30.6. The Kier molecular flexibility index (Phi) is 87.4. The molecule has 5 heteroatoms. The first-order chi connectivity index (χ1) is 45.8. The summed E-state index contributed by atoms with van der Waals surface area (Å²) in [5.74, 6) is 0. The number of nitrogens with one attached hydrogen (secondary N) is 2. The first-order valence-corrected chi connectivity index (χ1v) is 44.1. The molecule has 1 amide bonds. The number of amides is 1. The molecule has 0 fully saturated rings. The molecule has 0 spiro atoms. The maximum Gasteiger partial charge on any atom is 0.404 e. The fraction of sp³-hybridized carbons (Fsp3) is 0.989. The summed E-state index contributed by atoms with van der Waals surface area (Å²) >= 11 is 0. The number of ether oxygens (including phenoxy) is 1. The lowest BCUT2D eigenvalue weighted by atomic mass is 10.0. The van der Waals surface area contributed by atoms with Gasteiger partial charge >= 0.3 is 6.09 Å². The van der Waals surface area contributed by atoms with E-state index in [1.54, 1.807) is 0 Å². The van der Waals surface area contributed by atoms with E-state index in [1.807, 2.05) is 0 Å². The molecule has 552 valence electrons. The molecule has 92 heavy (non-hydrogen) atoms. The first-order valence-electron chi connectivity index (χ1n) is 44.1. The Labute approximate surface area is 582 Å². The lowest BCUT2D eigenvalue weighted by molar-refractivity contribution is 0.154. The van der Waals surface area contributed by atoms with Gasteiger partial charge in [-0.1, -0.05) is 488 Å². The van der Waals surface area contributed by atoms with Gasteiger partial charge in [-0.15, -0.1) is 0 Å². The van der Waals surface area contributed by atoms with E-state index in [0.717, 1.165) is 12.8 Å². The van der Waals surface area contributed by atoms with Crippen molar-refractivity contribution in [1.29, 1.82) is 0 Å². The minimum atomic E-state index is -0.646. The van der Waals surface area contributed by atoms with Gasteiger partial charge in [0.1, 0.15) is 0 Å². The predicted molar refractivity (Wildman–Crippen MR) is 416 cm³/mol. The molecule has 4 N–H and O–H groups in total. The van der Waals surface area contributed by atoms with Crippen LogP contribution in [0.15, 0.2) is 0 Å². The average molecular weight is 1300 g/mol. The van der Waals surface area contributed by atoms with E-state index >= 15 is 0 Å². The summed E-state index contributed by atoms with van der Waals surface area (Å²) in [4.78, 5) is 10.6. The zero-order chi connectivity index (χ0) is 65.8. The number of hydrogen-bond donors (Lipinski definition) is 3. The summed E-state index contributed by atoms with van der Waals surface area (Å²) in [6, 6.07) is 0. The minimum absolute atomic E-state index is 0.480. The van der Waals surface area contributed by atoms with Crippen LogP contribution in [-0.4, -0.2) is 38.9 Å². The zero-order valence-corrected chi connectivity index (χ0v) is 64.0. The number of unbranched alkanes of at least 4 members (excludes halogenated alkanes) is 77. The first kappa shape index (κ1) is 91.2. The van der Waals surface area contributed by atoms with E-state index in [-0.39, 0.29) is 0 Å². The summed E-state index contributed by atoms with van der Waals surface area (Å²) in [5, 5.41) is 7.45. The Morgan fingerprint density at radius 3 is 0.413 bits per heavy atom. The largest absolute Gasteiger partial charge is 0.450 e. The van der Waals surface area contributed by atoms with Crippen LogP contribution in [0.4, 0.5) is 4.79 Å². The summed E-state index contributed by atoms with van der Waals surface area (Å²) < 4.78 is 4.78. The SMILES string of the molecule is CCCCCCCCCCCCCCCCCCCCCCCCCCCCCCCCCCCCCCCCCCCCNCCCCCCNCCCCCCCCCCCCCCCCCCCCCCCCCCCCCCCCCCCCOC(N)=O. The molecule has 0 rings (SSSR count). The molecule has 0 saturated heterocycles. The summed E-state index contributed by atoms with van der Waals surface area (Å²) in [7, 11) is 0. The second kappa shape index (κ2) is 88.2. The highest BCUT2D eigenvalue weighted by Crippen LogP contribution is 2.21. The van der Waals surface area contributed by atoms with Crippen LogP contribution in [0.1, 0.15) is 521 Å². The van der Waals surface area contributed by atoms with Crippen LogP contribution < -0.4 is 16.4 Å². The lowest BCUT2D eigenvalue weighted by Gasteiger charge is -2.07. The van der Waals surface area contributed by atoms with Gasteiger partial charge in [0.05, 0.1) is 6.61 Å². The number of rotatable bonds is 87. The monoisotopic (exact) mass is 1300 g/mol. The number of carbonyl (C=O) groups is 1. The Hall–Kier alpha value is -0.810. The lowest BCUT2D eigenvalue weighted by Crippen LogP contribution is -2.17. The summed E-state index contributed by atoms with van der Waals surface area (Å²) in [6.07, 6.45) is 115. The molecule has 0 aromatic rings. The number of primary amides is 1. The minimum Gasteiger partial charge on any atom is -0.450 e. The van der Waals surface area contributed by atoms with E-state index in [9.17, 15) is 4.79 Å². The molecule has 0 bridgehead atoms. The molecule has 0 heterocycles. The van der Waals surface area contributed by atoms with Crippen LogP contribution in [0.25, 0.3) is 0 Å². The van der Waals surface area contributed by atoms with Crippen molar-refractivity contribution in [3.05, 3.63) is 0 Å². The quantitative estimate of drug-likeness (QED) is 0.0531. The molecular weight excluding hydrogens is 1120 g/mol. The van der Waals surface area contributed by atoms with Crippen molar-refractivity contribution in [1.82, 2.24) is 10.6 Å². The van der Waals surface area contributed by atoms with Gasteiger partial charge in [0.2, 0.25) is 0 Å². The number of nitrogens with two attached hydrogens (primary N) is 1. The smallest absolute Gasteiger partial charge is 0.404 e. The third-order valence-electron chi connectivity index (χ3n) is 21.2. The van der Waals surface area contributed by atoms with Gasteiger partial charge in [-0.05, 0) is 58.3 Å². The molecule has 0 aromatic heterocycles. The van der Waals surface area contributed by atoms with E-state index in [4.69, 9.17) is 10.5 Å². The fourth-order valence-electron chi connectivity index (χ4n) is 14.7. The molecule has 0 aliphatic heterocycles. The van der Waals surface area contributed by atoms with Gasteiger partial charge < -0.3 is 21.1 Å². The topological polar surface area (TPSA) is 76.4 Å². The molecule has 5 nitrogen and oxygen atoms in total. The van der Waals surface area contributed by atoms with Crippen molar-refractivity contribution in [3.63, 3.8) is 0 Å². The van der Waals surface area contributed by atoms with Crippen molar-refractivity contribution >= 4 is 6.09 Å². The van der Waals surface area contributed by atoms with E-state index in [1.165, 1.54) is 527 Å². The highest BCUT2D eigenvalue weighted by Gasteiger charge is 2.03. The van der Waals surface area contributed by atoms with E-state index < -0.39 is 6.09 Å². The number of carbonyl (C=O) groups excluding carboxylic acids is 1. The third-order valence-corrected chi connectivity index (χ3v) is 21.2. The van der Waals surface area contributed by atoms with Crippen molar-refractivity contribution in [2.75, 3.05) is 32.8 Å². The standard InChI is InChI=1S/C87H177N3O2/c1-2-3-4-5-6-7-8-9-10-11-12-13-14-15-16-17-18-19-20-21-22-23-24-25-26-27-30-33-36-39-42-45-48-51-54-57-60-63-66-69-72-77-82-89-84-79-74-75-80-85-90-83-78-73-70-67-64-61-58-55-52-49-46-43-40-37-34-31-28-29-32-35-38-41-44-47-50-53-56-59-62-65-68-71-76-81-86-92-87(88)91/h89-90H,2-86H2,1H3,(H2,88,91). The van der Waals surface area contributed by atoms with Crippen molar-refractivity contribution in [3.8, 4) is 0 Å². The van der Waals surface area contributed by atoms with Crippen LogP contribution in [0.3, 0.4) is 0 Å². The van der Waals surface area contributed by atoms with Crippen LogP contribution in [0.5, 0.6) is 0 Å². The van der Waals surface area contributed by atoms with E-state index in [2.05, 4.69) is 17.6 Å². The third kappa shape index (κ3) is 89.2. The molecule has 0 atom stereocenters. The highest BCUT2D eigenvalue weighted by molar-refractivity contribution is 5.64. The van der Waals surface area contributed by atoms with Crippen LogP contribution in [0, 0.1) is 0 Å². The number of hydrogen-bond acceptors (Lipinski definition) is 4. The van der Waals surface area contributed by atoms with Crippen LogP contribution >= 0.6 is 0 Å². The fourth-order valence-corrected chi connectivity index (χ4v) is 14.7. The highest BCUT2D eigenvalue weighted by atomic mass is 16.5. The zero-order valence-electron chi connectivity index (χ0n) is 64.0. The van der Waals surface area contributed by atoms with Gasteiger partial charge in [0, 0.05) is 0 Å². The van der Waals surface area contributed by atoms with Gasteiger partial charge in [-0.3, -0.25) is 0 Å². The summed E-state index contributed by atoms with van der Waals surface area (Å²) in [6.45, 7) is 7.71. The van der Waals surface area contributed by atoms with Crippen LogP contribution in [-0.2, 0) is 4.74 Å². The van der Waals surface area contributed by atoms with Crippen molar-refractivity contribution < 1.29 is 9.53 Å². The predicted octanol–water partition coefficient (Wildman–Crippen LogP) is 30.5. The van der Waals surface area contributed by atoms with Gasteiger partial charge in [0.25, 0.3) is 0 Å². The molecule has 0 radical (unpaired) electrons. The Morgan fingerprint density at radius 2 is 0.293 bits per heavy atom. The van der Waals surface area contributed by atoms with Gasteiger partial charge in [-0.2, -0.15) is 0 Å². The molecular formula is C87H177N3O2. The molecule has 0 unspecified atom stereocenters. The van der Waals surface area contributed by atoms with Crippen molar-refractivity contribution in [2.24, 2.45) is 5.73 Å². The average Bonchev–Trinajstić information content (AvgIpc) is 3.56. The van der Waals surface area contributed by atoms with Gasteiger partial charge in [-0.25, -0.2) is 4.79 Å². The normalized spacial score (nSPS) is 11.7. The second-order valence-electron chi connectivity index (χ2n) is 30.6. The van der Waals surface area contributed by atoms with Gasteiger partial charge in [0.15, 0.2) is 0 Å². The Bertz CT molecular complexity index is 1260. The summed E-state index contributed by atoms with van der Waals surface area (Å²) in [5.41, 5.74) is 4.99. The molecule has 0 aliphatic rings. The van der Waals surface area contributed by atoms with Crippen LogP contribution in [0.2, 0.25) is 0 Å². The van der Waals surface area contributed by atoms with E-state index in [0.29, 0.717) is 6.61 Å². The van der Waals surface area contributed by atoms with Crippen molar-refractivity contribution in [2.45, 2.75) is 521 Å². The Morgan fingerprint density at radius 1 is 0.185 bits per heavy atom. The molecule has 0 saturated carbocycles. The maximum atomic E-state index is 10.6. The maximum absolute atomic E-state index is 10.6. The molecule has 0 aromatic carbocycles. The molecule has 0 aliphatic carbocycles.